The number of benzene rings is 1. The molecule has 0 radical (unpaired) electrons. The van der Waals surface area contributed by atoms with E-state index in [4.69, 9.17) is 0 Å². The van der Waals surface area contributed by atoms with E-state index in [1.807, 2.05) is 27.0 Å². The van der Waals surface area contributed by atoms with Crippen molar-refractivity contribution in [3.63, 3.8) is 0 Å². The summed E-state index contributed by atoms with van der Waals surface area (Å²) in [6, 6.07) is 7.07. The number of nitrogens with zero attached hydrogens (tertiary/aromatic N) is 2. The Morgan fingerprint density at radius 1 is 1.10 bits per heavy atom. The zero-order valence-electron chi connectivity index (χ0n) is 11.4. The van der Waals surface area contributed by atoms with Crippen LogP contribution in [0, 0.1) is 0 Å². The van der Waals surface area contributed by atoms with E-state index in [0.29, 0.717) is 9.92 Å². The standard InChI is InChI=1S/C14H15F3N2S/c1-13(2,3)19-8-7-12(18-19)20-11-6-4-5-10(9-11)14(15,16)17/h4-9H,1-3H3. The van der Waals surface area contributed by atoms with Gasteiger partial charge in [0.1, 0.15) is 5.03 Å². The van der Waals surface area contributed by atoms with Crippen LogP contribution in [-0.2, 0) is 11.7 Å². The Kier molecular flexibility index (Phi) is 3.86. The summed E-state index contributed by atoms with van der Waals surface area (Å²) in [5.74, 6) is 0. The second-order valence-corrected chi connectivity index (χ2v) is 6.49. The van der Waals surface area contributed by atoms with Crippen molar-refractivity contribution < 1.29 is 13.2 Å². The first-order valence-corrected chi connectivity index (χ1v) is 6.89. The minimum Gasteiger partial charge on any atom is -0.266 e. The fourth-order valence-electron chi connectivity index (χ4n) is 1.59. The van der Waals surface area contributed by atoms with E-state index in [-0.39, 0.29) is 5.54 Å². The van der Waals surface area contributed by atoms with Gasteiger partial charge in [0.25, 0.3) is 0 Å². The topological polar surface area (TPSA) is 17.8 Å². The highest BCUT2D eigenvalue weighted by atomic mass is 32.2. The summed E-state index contributed by atoms with van der Waals surface area (Å²) in [7, 11) is 0. The van der Waals surface area contributed by atoms with Gasteiger partial charge in [-0.15, -0.1) is 0 Å². The SMILES string of the molecule is CC(C)(C)n1ccc(Sc2cccc(C(F)(F)F)c2)n1. The fourth-order valence-corrected chi connectivity index (χ4v) is 2.42. The van der Waals surface area contributed by atoms with Gasteiger partial charge in [0.15, 0.2) is 0 Å². The molecule has 1 aromatic carbocycles. The lowest BCUT2D eigenvalue weighted by Crippen LogP contribution is -2.22. The van der Waals surface area contributed by atoms with Gasteiger partial charge >= 0.3 is 6.18 Å². The second kappa shape index (κ2) is 5.16. The Labute approximate surface area is 120 Å². The number of alkyl halides is 3. The number of hydrogen-bond acceptors (Lipinski definition) is 2. The van der Waals surface area contributed by atoms with Crippen LogP contribution < -0.4 is 0 Å². The molecule has 0 N–H and O–H groups in total. The molecule has 1 aromatic heterocycles. The lowest BCUT2D eigenvalue weighted by molar-refractivity contribution is -0.137. The summed E-state index contributed by atoms with van der Waals surface area (Å²) in [6.07, 6.45) is -2.49. The molecule has 1 heterocycles. The normalized spacial score (nSPS) is 12.7. The molecule has 2 nitrogen and oxygen atoms in total. The minimum absolute atomic E-state index is 0.146. The quantitative estimate of drug-likeness (QED) is 0.792. The van der Waals surface area contributed by atoms with Crippen LogP contribution in [0.25, 0.3) is 0 Å². The van der Waals surface area contributed by atoms with Gasteiger partial charge in [0.05, 0.1) is 11.1 Å². The second-order valence-electron chi connectivity index (χ2n) is 5.40. The van der Waals surface area contributed by atoms with Gasteiger partial charge < -0.3 is 0 Å². The zero-order valence-corrected chi connectivity index (χ0v) is 12.2. The van der Waals surface area contributed by atoms with E-state index < -0.39 is 11.7 Å². The molecule has 0 fully saturated rings. The number of rotatable bonds is 2. The minimum atomic E-state index is -4.32. The first kappa shape index (κ1) is 15.0. The molecule has 0 amide bonds. The summed E-state index contributed by atoms with van der Waals surface area (Å²) in [5, 5.41) is 5.05. The van der Waals surface area contributed by atoms with Crippen LogP contribution >= 0.6 is 11.8 Å². The van der Waals surface area contributed by atoms with E-state index in [1.54, 1.807) is 16.8 Å². The van der Waals surface area contributed by atoms with E-state index in [0.717, 1.165) is 12.1 Å². The monoisotopic (exact) mass is 300 g/mol. The Hall–Kier alpha value is -1.43. The highest BCUT2D eigenvalue weighted by Crippen LogP contribution is 2.34. The first-order valence-electron chi connectivity index (χ1n) is 6.07. The highest BCUT2D eigenvalue weighted by Gasteiger charge is 2.30. The molecule has 0 saturated heterocycles. The number of aromatic nitrogens is 2. The van der Waals surface area contributed by atoms with Gasteiger partial charge in [-0.3, -0.25) is 4.68 Å². The van der Waals surface area contributed by atoms with Gasteiger partial charge in [0, 0.05) is 11.1 Å². The zero-order chi connectivity index (χ0) is 15.0. The maximum absolute atomic E-state index is 12.6. The largest absolute Gasteiger partial charge is 0.416 e. The molecule has 0 atom stereocenters. The maximum atomic E-state index is 12.6. The van der Waals surface area contributed by atoms with Crippen LogP contribution in [0.5, 0.6) is 0 Å². The first-order chi connectivity index (χ1) is 9.16. The van der Waals surface area contributed by atoms with Crippen LogP contribution in [0.4, 0.5) is 13.2 Å². The van der Waals surface area contributed by atoms with Gasteiger partial charge in [-0.1, -0.05) is 17.8 Å². The molecule has 108 valence electrons. The molecular weight excluding hydrogens is 285 g/mol. The summed E-state index contributed by atoms with van der Waals surface area (Å²) in [5.41, 5.74) is -0.787. The Morgan fingerprint density at radius 3 is 2.35 bits per heavy atom. The lowest BCUT2D eigenvalue weighted by Gasteiger charge is -2.18. The van der Waals surface area contributed by atoms with Gasteiger partial charge in [-0.2, -0.15) is 18.3 Å². The van der Waals surface area contributed by atoms with Crippen molar-refractivity contribution in [3.05, 3.63) is 42.1 Å². The van der Waals surface area contributed by atoms with Crippen molar-refractivity contribution >= 4 is 11.8 Å². The van der Waals surface area contributed by atoms with Gasteiger partial charge in [-0.05, 0) is 45.0 Å². The van der Waals surface area contributed by atoms with Crippen molar-refractivity contribution in [2.24, 2.45) is 0 Å². The highest BCUT2D eigenvalue weighted by molar-refractivity contribution is 7.99. The van der Waals surface area contributed by atoms with Crippen LogP contribution in [0.15, 0.2) is 46.5 Å². The summed E-state index contributed by atoms with van der Waals surface area (Å²) >= 11 is 1.22. The van der Waals surface area contributed by atoms with E-state index >= 15 is 0 Å². The van der Waals surface area contributed by atoms with E-state index in [1.165, 1.54) is 17.8 Å². The predicted molar refractivity (Wildman–Crippen MR) is 72.8 cm³/mol. The van der Waals surface area contributed by atoms with Crippen molar-refractivity contribution in [2.45, 2.75) is 42.4 Å². The molecule has 0 bridgehead atoms. The van der Waals surface area contributed by atoms with Crippen LogP contribution in [0.3, 0.4) is 0 Å². The van der Waals surface area contributed by atoms with Crippen molar-refractivity contribution in [1.82, 2.24) is 9.78 Å². The molecule has 20 heavy (non-hydrogen) atoms. The molecule has 0 aliphatic heterocycles. The van der Waals surface area contributed by atoms with E-state index in [9.17, 15) is 13.2 Å². The molecule has 2 rings (SSSR count). The average molecular weight is 300 g/mol. The molecule has 0 saturated carbocycles. The van der Waals surface area contributed by atoms with E-state index in [2.05, 4.69) is 5.10 Å². The van der Waals surface area contributed by atoms with Crippen molar-refractivity contribution in [1.29, 1.82) is 0 Å². The fraction of sp³-hybridized carbons (Fsp3) is 0.357. The molecule has 6 heteroatoms. The Balaban J connectivity index is 2.20. The Morgan fingerprint density at radius 2 is 1.80 bits per heavy atom. The summed E-state index contributed by atoms with van der Waals surface area (Å²) < 4.78 is 39.7. The molecule has 0 aliphatic carbocycles. The summed E-state index contributed by atoms with van der Waals surface area (Å²) in [4.78, 5) is 0.527. The smallest absolute Gasteiger partial charge is 0.266 e. The molecule has 0 spiro atoms. The summed E-state index contributed by atoms with van der Waals surface area (Å²) in [6.45, 7) is 6.04. The van der Waals surface area contributed by atoms with Gasteiger partial charge in [0.2, 0.25) is 0 Å². The molecule has 0 unspecified atom stereocenters. The predicted octanol–water partition coefficient (Wildman–Crippen LogP) is 4.81. The molecular formula is C14H15F3N2S. The number of halogens is 3. The van der Waals surface area contributed by atoms with Gasteiger partial charge in [-0.25, -0.2) is 0 Å². The maximum Gasteiger partial charge on any atom is 0.416 e. The third-order valence-corrected chi connectivity index (χ3v) is 3.55. The molecule has 2 aromatic rings. The third-order valence-electron chi connectivity index (χ3n) is 2.64. The number of hydrogen-bond donors (Lipinski definition) is 0. The Bertz CT molecular complexity index is 597. The van der Waals surface area contributed by atoms with Crippen LogP contribution in [0.1, 0.15) is 26.3 Å². The van der Waals surface area contributed by atoms with Crippen molar-refractivity contribution in [3.8, 4) is 0 Å². The third kappa shape index (κ3) is 3.56. The molecule has 0 aliphatic rings. The average Bonchev–Trinajstić information content (AvgIpc) is 2.76. The lowest BCUT2D eigenvalue weighted by atomic mass is 10.1. The van der Waals surface area contributed by atoms with Crippen LogP contribution in [0.2, 0.25) is 0 Å². The van der Waals surface area contributed by atoms with Crippen molar-refractivity contribution in [2.75, 3.05) is 0 Å². The van der Waals surface area contributed by atoms with Crippen LogP contribution in [-0.4, -0.2) is 9.78 Å².